The molecule has 0 unspecified atom stereocenters. The maximum atomic E-state index is 12.7. The van der Waals surface area contributed by atoms with E-state index in [2.05, 4.69) is 15.5 Å². The number of aromatic nitrogens is 2. The summed E-state index contributed by atoms with van der Waals surface area (Å²) in [6.45, 7) is 2.44. The summed E-state index contributed by atoms with van der Waals surface area (Å²) in [5.41, 5.74) is 0.754. The van der Waals surface area contributed by atoms with E-state index < -0.39 is 0 Å². The first kappa shape index (κ1) is 17.2. The van der Waals surface area contributed by atoms with Gasteiger partial charge in [0, 0.05) is 5.41 Å². The number of carbonyl (C=O) groups is 1. The molecule has 1 amide bonds. The summed E-state index contributed by atoms with van der Waals surface area (Å²) in [6, 6.07) is 7.32. The van der Waals surface area contributed by atoms with Gasteiger partial charge in [-0.15, -0.1) is 10.2 Å². The van der Waals surface area contributed by atoms with Gasteiger partial charge in [0.2, 0.25) is 5.13 Å². The number of ether oxygens (including phenoxy) is 1. The van der Waals surface area contributed by atoms with Crippen LogP contribution >= 0.6 is 11.3 Å². The largest absolute Gasteiger partial charge is 0.493 e. The van der Waals surface area contributed by atoms with Gasteiger partial charge in [-0.25, -0.2) is 0 Å². The van der Waals surface area contributed by atoms with Crippen LogP contribution in [-0.4, -0.2) is 22.7 Å². The van der Waals surface area contributed by atoms with E-state index in [9.17, 15) is 4.79 Å². The van der Waals surface area contributed by atoms with Crippen LogP contribution in [0.3, 0.4) is 0 Å². The van der Waals surface area contributed by atoms with Gasteiger partial charge in [0.05, 0.1) is 12.2 Å². The molecule has 5 nitrogen and oxygen atoms in total. The zero-order chi connectivity index (χ0) is 18.4. The molecule has 0 aliphatic heterocycles. The van der Waals surface area contributed by atoms with Gasteiger partial charge in [0.1, 0.15) is 10.8 Å². The molecule has 0 saturated heterocycles. The summed E-state index contributed by atoms with van der Waals surface area (Å²) in [7, 11) is 0. The zero-order valence-electron chi connectivity index (χ0n) is 15.6. The van der Waals surface area contributed by atoms with Crippen molar-refractivity contribution in [3.8, 4) is 5.75 Å². The van der Waals surface area contributed by atoms with Crippen LogP contribution in [0.15, 0.2) is 24.3 Å². The van der Waals surface area contributed by atoms with Crippen LogP contribution in [-0.2, 0) is 5.41 Å². The van der Waals surface area contributed by atoms with E-state index in [1.54, 1.807) is 17.4 Å². The molecule has 6 heteroatoms. The number of hydrogen-bond acceptors (Lipinski definition) is 5. The molecule has 1 aromatic carbocycles. The molecule has 1 N–H and O–H groups in total. The predicted molar refractivity (Wildman–Crippen MR) is 105 cm³/mol. The number of hydrogen-bond donors (Lipinski definition) is 1. The Morgan fingerprint density at radius 2 is 1.81 bits per heavy atom. The number of nitrogens with one attached hydrogen (secondary N) is 1. The Hall–Kier alpha value is -1.95. The number of benzene rings is 1. The maximum Gasteiger partial charge on any atom is 0.261 e. The van der Waals surface area contributed by atoms with Crippen molar-refractivity contribution in [2.75, 3.05) is 11.9 Å². The van der Waals surface area contributed by atoms with E-state index in [4.69, 9.17) is 4.74 Å². The lowest BCUT2D eigenvalue weighted by atomic mass is 9.50. The normalized spacial score (nSPS) is 31.1. The standard InChI is InChI=1S/C21H25N3O2S/c1-2-26-17-6-4-3-5-16(17)18(25)22-20-24-23-19(27-20)21-10-13-7-14(11-21)9-15(8-13)12-21/h3-6,13-15H,2,7-12H2,1H3,(H,22,24,25). The van der Waals surface area contributed by atoms with Gasteiger partial charge in [-0.05, 0) is 75.3 Å². The quantitative estimate of drug-likeness (QED) is 0.816. The van der Waals surface area contributed by atoms with Crippen molar-refractivity contribution in [3.05, 3.63) is 34.8 Å². The van der Waals surface area contributed by atoms with E-state index >= 15 is 0 Å². The SMILES string of the molecule is CCOc1ccccc1C(=O)Nc1nnc(C23CC4CC(CC(C4)C2)C3)s1. The summed E-state index contributed by atoms with van der Waals surface area (Å²) in [5.74, 6) is 3.03. The second-order valence-corrected chi connectivity index (χ2v) is 9.47. The van der Waals surface area contributed by atoms with Gasteiger partial charge in [0.25, 0.3) is 5.91 Å². The molecule has 27 heavy (non-hydrogen) atoms. The average molecular weight is 384 g/mol. The summed E-state index contributed by atoms with van der Waals surface area (Å²) in [5, 5.41) is 13.5. The predicted octanol–water partition coefficient (Wildman–Crippen LogP) is 4.66. The number of rotatable bonds is 5. The van der Waals surface area contributed by atoms with E-state index in [1.807, 2.05) is 25.1 Å². The highest BCUT2D eigenvalue weighted by molar-refractivity contribution is 7.15. The Labute approximate surface area is 163 Å². The van der Waals surface area contributed by atoms with Crippen molar-refractivity contribution in [1.82, 2.24) is 10.2 Å². The first-order valence-electron chi connectivity index (χ1n) is 10.0. The highest BCUT2D eigenvalue weighted by Gasteiger charge is 2.53. The van der Waals surface area contributed by atoms with Crippen molar-refractivity contribution in [1.29, 1.82) is 0 Å². The van der Waals surface area contributed by atoms with Crippen LogP contribution in [0, 0.1) is 17.8 Å². The molecule has 4 fully saturated rings. The van der Waals surface area contributed by atoms with Crippen LogP contribution in [0.1, 0.15) is 60.8 Å². The molecule has 1 heterocycles. The minimum atomic E-state index is -0.188. The van der Waals surface area contributed by atoms with E-state index in [-0.39, 0.29) is 11.3 Å². The third-order valence-electron chi connectivity index (χ3n) is 6.57. The van der Waals surface area contributed by atoms with Gasteiger partial charge < -0.3 is 4.74 Å². The first-order valence-corrected chi connectivity index (χ1v) is 10.8. The van der Waals surface area contributed by atoms with E-state index in [1.165, 1.54) is 38.5 Å². The van der Waals surface area contributed by atoms with Crippen LogP contribution in [0.2, 0.25) is 0 Å². The topological polar surface area (TPSA) is 64.1 Å². The number of amides is 1. The van der Waals surface area contributed by atoms with Crippen molar-refractivity contribution in [2.45, 2.75) is 50.9 Å². The fourth-order valence-electron chi connectivity index (χ4n) is 5.96. The second-order valence-electron chi connectivity index (χ2n) is 8.49. The summed E-state index contributed by atoms with van der Waals surface area (Å²) < 4.78 is 5.57. The van der Waals surface area contributed by atoms with Crippen LogP contribution in [0.4, 0.5) is 5.13 Å². The molecule has 1 aromatic heterocycles. The van der Waals surface area contributed by atoms with Crippen molar-refractivity contribution < 1.29 is 9.53 Å². The highest BCUT2D eigenvalue weighted by atomic mass is 32.1. The van der Waals surface area contributed by atoms with Gasteiger partial charge >= 0.3 is 0 Å². The zero-order valence-corrected chi connectivity index (χ0v) is 16.4. The summed E-state index contributed by atoms with van der Waals surface area (Å²) >= 11 is 1.57. The number of carbonyl (C=O) groups excluding carboxylic acids is 1. The van der Waals surface area contributed by atoms with Gasteiger partial charge in [-0.3, -0.25) is 10.1 Å². The minimum Gasteiger partial charge on any atom is -0.493 e. The highest BCUT2D eigenvalue weighted by Crippen LogP contribution is 2.61. The Morgan fingerprint density at radius 1 is 1.15 bits per heavy atom. The Kier molecular flexibility index (Phi) is 4.19. The molecule has 0 spiro atoms. The van der Waals surface area contributed by atoms with Crippen molar-refractivity contribution in [2.24, 2.45) is 17.8 Å². The Balaban J connectivity index is 1.35. The summed E-state index contributed by atoms with van der Waals surface area (Å²) in [6.07, 6.45) is 8.01. The Bertz CT molecular complexity index is 827. The van der Waals surface area contributed by atoms with Crippen LogP contribution < -0.4 is 10.1 Å². The fourth-order valence-corrected chi connectivity index (χ4v) is 6.92. The summed E-state index contributed by atoms with van der Waals surface area (Å²) in [4.78, 5) is 12.7. The number of nitrogens with zero attached hydrogens (tertiary/aromatic N) is 2. The number of para-hydroxylation sites is 1. The number of anilines is 1. The molecule has 142 valence electrons. The molecule has 4 bridgehead atoms. The smallest absolute Gasteiger partial charge is 0.261 e. The minimum absolute atomic E-state index is 0.188. The molecular weight excluding hydrogens is 358 g/mol. The molecule has 4 saturated carbocycles. The lowest BCUT2D eigenvalue weighted by Gasteiger charge is -2.55. The van der Waals surface area contributed by atoms with Crippen molar-refractivity contribution >= 4 is 22.4 Å². The molecule has 2 aromatic rings. The van der Waals surface area contributed by atoms with Crippen LogP contribution in [0.25, 0.3) is 0 Å². The molecule has 0 radical (unpaired) electrons. The van der Waals surface area contributed by atoms with Gasteiger partial charge in [-0.1, -0.05) is 23.5 Å². The third kappa shape index (κ3) is 3.04. The average Bonchev–Trinajstić information content (AvgIpc) is 3.11. The monoisotopic (exact) mass is 383 g/mol. The molecular formula is C21H25N3O2S. The molecule has 0 atom stereocenters. The lowest BCUT2D eigenvalue weighted by molar-refractivity contribution is -0.00555. The van der Waals surface area contributed by atoms with E-state index in [0.29, 0.717) is 23.1 Å². The first-order chi connectivity index (χ1) is 13.1. The second kappa shape index (κ2) is 6.59. The van der Waals surface area contributed by atoms with Gasteiger partial charge in [0.15, 0.2) is 0 Å². The molecule has 4 aliphatic carbocycles. The molecule has 4 aliphatic rings. The Morgan fingerprint density at radius 3 is 2.48 bits per heavy atom. The third-order valence-corrected chi connectivity index (χ3v) is 7.65. The maximum absolute atomic E-state index is 12.7. The lowest BCUT2D eigenvalue weighted by Crippen LogP contribution is -2.48. The van der Waals surface area contributed by atoms with Crippen molar-refractivity contribution in [3.63, 3.8) is 0 Å². The van der Waals surface area contributed by atoms with Crippen LogP contribution in [0.5, 0.6) is 5.75 Å². The molecule has 6 rings (SSSR count). The van der Waals surface area contributed by atoms with Gasteiger partial charge in [-0.2, -0.15) is 0 Å². The fraction of sp³-hybridized carbons (Fsp3) is 0.571. The van der Waals surface area contributed by atoms with E-state index in [0.717, 1.165) is 22.8 Å².